The Hall–Kier alpha value is -3.82. The molecule has 0 saturated carbocycles. The molecule has 1 amide bonds. The Labute approximate surface area is 224 Å². The summed E-state index contributed by atoms with van der Waals surface area (Å²) in [6.07, 6.45) is 4.22. The van der Waals surface area contributed by atoms with E-state index >= 15 is 0 Å². The highest BCUT2D eigenvalue weighted by atomic mass is 32.2. The fraction of sp³-hybridized carbons (Fsp3) is 0.276. The molecule has 0 N–H and O–H groups in total. The molecule has 0 aromatic heterocycles. The average molecular weight is 536 g/mol. The van der Waals surface area contributed by atoms with Crippen LogP contribution in [0.5, 0.6) is 11.5 Å². The predicted molar refractivity (Wildman–Crippen MR) is 149 cm³/mol. The van der Waals surface area contributed by atoms with Gasteiger partial charge in [-0.2, -0.15) is 0 Å². The molecule has 9 heteroatoms. The lowest BCUT2D eigenvalue weighted by molar-refractivity contribution is -0.131. The van der Waals surface area contributed by atoms with Crippen molar-refractivity contribution in [1.82, 2.24) is 9.80 Å². The number of hydrogen-bond donors (Lipinski definition) is 0. The second kappa shape index (κ2) is 12.6. The Balaban J connectivity index is 1.45. The summed E-state index contributed by atoms with van der Waals surface area (Å²) < 4.78 is 39.2. The first-order valence-corrected chi connectivity index (χ1v) is 13.9. The number of benzene rings is 3. The van der Waals surface area contributed by atoms with E-state index in [1.165, 1.54) is 26.4 Å². The SMILES string of the molecule is COc1ccc(S(=O)(=O)N(CC(=O)N2CCN(C/C=C/c3ccccc3)CC2)c2ccccc2)cc1OC. The zero-order chi connectivity index (χ0) is 27.0. The van der Waals surface area contributed by atoms with Crippen LogP contribution in [0.25, 0.3) is 6.08 Å². The van der Waals surface area contributed by atoms with Crippen LogP contribution < -0.4 is 13.8 Å². The van der Waals surface area contributed by atoms with E-state index in [0.29, 0.717) is 30.3 Å². The van der Waals surface area contributed by atoms with Gasteiger partial charge in [0.2, 0.25) is 5.91 Å². The number of anilines is 1. The minimum Gasteiger partial charge on any atom is -0.493 e. The lowest BCUT2D eigenvalue weighted by Gasteiger charge is -2.35. The van der Waals surface area contributed by atoms with E-state index in [0.717, 1.165) is 29.5 Å². The van der Waals surface area contributed by atoms with E-state index < -0.39 is 10.0 Å². The molecule has 200 valence electrons. The molecule has 0 aliphatic carbocycles. The number of para-hydroxylation sites is 1. The summed E-state index contributed by atoms with van der Waals surface area (Å²) in [5.74, 6) is 0.480. The summed E-state index contributed by atoms with van der Waals surface area (Å²) in [4.78, 5) is 17.4. The topological polar surface area (TPSA) is 79.4 Å². The van der Waals surface area contributed by atoms with Gasteiger partial charge >= 0.3 is 0 Å². The van der Waals surface area contributed by atoms with Crippen LogP contribution in [0.3, 0.4) is 0 Å². The zero-order valence-corrected chi connectivity index (χ0v) is 22.5. The fourth-order valence-electron chi connectivity index (χ4n) is 4.32. The molecule has 1 heterocycles. The van der Waals surface area contributed by atoms with Gasteiger partial charge in [-0.05, 0) is 29.8 Å². The fourth-order valence-corrected chi connectivity index (χ4v) is 5.75. The van der Waals surface area contributed by atoms with Gasteiger partial charge in [0.25, 0.3) is 10.0 Å². The quantitative estimate of drug-likeness (QED) is 0.394. The minimum atomic E-state index is -4.06. The van der Waals surface area contributed by atoms with Gasteiger partial charge in [0, 0.05) is 38.8 Å². The first kappa shape index (κ1) is 27.2. The van der Waals surface area contributed by atoms with Crippen LogP contribution in [-0.2, 0) is 14.8 Å². The van der Waals surface area contributed by atoms with Crippen molar-refractivity contribution in [3.63, 3.8) is 0 Å². The Morgan fingerprint density at radius 1 is 0.868 bits per heavy atom. The Morgan fingerprint density at radius 2 is 1.50 bits per heavy atom. The van der Waals surface area contributed by atoms with E-state index in [9.17, 15) is 13.2 Å². The van der Waals surface area contributed by atoms with Crippen LogP contribution in [0.2, 0.25) is 0 Å². The summed E-state index contributed by atoms with van der Waals surface area (Å²) in [7, 11) is -1.13. The van der Waals surface area contributed by atoms with Crippen LogP contribution >= 0.6 is 0 Å². The Kier molecular flexibility index (Phi) is 9.04. The van der Waals surface area contributed by atoms with Crippen molar-refractivity contribution in [1.29, 1.82) is 0 Å². The molecule has 0 radical (unpaired) electrons. The molecule has 0 spiro atoms. The van der Waals surface area contributed by atoms with Crippen molar-refractivity contribution >= 4 is 27.7 Å². The van der Waals surface area contributed by atoms with Crippen molar-refractivity contribution in [3.8, 4) is 11.5 Å². The molecular formula is C29H33N3O5S. The summed E-state index contributed by atoms with van der Waals surface area (Å²) in [6.45, 7) is 3.01. The molecule has 4 rings (SSSR count). The lowest BCUT2D eigenvalue weighted by atomic mass is 10.2. The number of ether oxygens (including phenoxy) is 2. The molecule has 0 unspecified atom stereocenters. The molecule has 0 atom stereocenters. The largest absolute Gasteiger partial charge is 0.493 e. The third kappa shape index (κ3) is 6.54. The minimum absolute atomic E-state index is 0.0156. The number of amides is 1. The van der Waals surface area contributed by atoms with E-state index in [-0.39, 0.29) is 17.3 Å². The van der Waals surface area contributed by atoms with Crippen molar-refractivity contribution in [2.24, 2.45) is 0 Å². The van der Waals surface area contributed by atoms with Gasteiger partial charge in [-0.15, -0.1) is 0 Å². The van der Waals surface area contributed by atoms with Crippen molar-refractivity contribution < 1.29 is 22.7 Å². The van der Waals surface area contributed by atoms with E-state index in [1.54, 1.807) is 41.3 Å². The van der Waals surface area contributed by atoms with Crippen LogP contribution in [0.4, 0.5) is 5.69 Å². The van der Waals surface area contributed by atoms with Gasteiger partial charge in [0.1, 0.15) is 6.54 Å². The normalized spacial score (nSPS) is 14.4. The Morgan fingerprint density at radius 3 is 2.13 bits per heavy atom. The van der Waals surface area contributed by atoms with Gasteiger partial charge in [-0.3, -0.25) is 14.0 Å². The van der Waals surface area contributed by atoms with Crippen molar-refractivity contribution in [3.05, 3.63) is 90.5 Å². The van der Waals surface area contributed by atoms with Crippen LogP contribution in [-0.4, -0.2) is 77.6 Å². The van der Waals surface area contributed by atoms with Gasteiger partial charge in [-0.25, -0.2) is 8.42 Å². The highest BCUT2D eigenvalue weighted by molar-refractivity contribution is 7.92. The molecule has 1 saturated heterocycles. The maximum absolute atomic E-state index is 13.7. The van der Waals surface area contributed by atoms with Gasteiger partial charge < -0.3 is 14.4 Å². The molecule has 1 aliphatic heterocycles. The number of methoxy groups -OCH3 is 2. The molecule has 8 nitrogen and oxygen atoms in total. The summed E-state index contributed by atoms with van der Waals surface area (Å²) in [5.41, 5.74) is 1.57. The predicted octanol–water partition coefficient (Wildman–Crippen LogP) is 3.76. The highest BCUT2D eigenvalue weighted by Gasteiger charge is 2.30. The molecule has 0 bridgehead atoms. The van der Waals surface area contributed by atoms with Crippen molar-refractivity contribution in [2.45, 2.75) is 4.90 Å². The van der Waals surface area contributed by atoms with E-state index in [1.807, 2.05) is 18.2 Å². The number of hydrogen-bond acceptors (Lipinski definition) is 6. The smallest absolute Gasteiger partial charge is 0.264 e. The molecule has 1 aliphatic rings. The number of piperazine rings is 1. The molecule has 1 fully saturated rings. The van der Waals surface area contributed by atoms with E-state index in [2.05, 4.69) is 29.2 Å². The number of nitrogens with zero attached hydrogens (tertiary/aromatic N) is 3. The molecule has 3 aromatic rings. The highest BCUT2D eigenvalue weighted by Crippen LogP contribution is 2.32. The van der Waals surface area contributed by atoms with Gasteiger partial charge in [0.15, 0.2) is 11.5 Å². The first-order valence-electron chi connectivity index (χ1n) is 12.4. The van der Waals surface area contributed by atoms with Crippen LogP contribution in [0, 0.1) is 0 Å². The zero-order valence-electron chi connectivity index (χ0n) is 21.7. The number of rotatable bonds is 10. The maximum Gasteiger partial charge on any atom is 0.264 e. The van der Waals surface area contributed by atoms with Crippen LogP contribution in [0.1, 0.15) is 5.56 Å². The van der Waals surface area contributed by atoms with Gasteiger partial charge in [-0.1, -0.05) is 60.7 Å². The Bertz CT molecular complexity index is 1340. The summed E-state index contributed by atoms with van der Waals surface area (Å²) in [6, 6.07) is 23.2. The molecule has 38 heavy (non-hydrogen) atoms. The second-order valence-corrected chi connectivity index (χ2v) is 10.7. The first-order chi connectivity index (χ1) is 18.4. The summed E-state index contributed by atoms with van der Waals surface area (Å²) >= 11 is 0. The van der Waals surface area contributed by atoms with Crippen molar-refractivity contribution in [2.75, 3.05) is 57.8 Å². The average Bonchev–Trinajstić information content (AvgIpc) is 2.96. The number of carbonyl (C=O) groups excluding carboxylic acids is 1. The third-order valence-electron chi connectivity index (χ3n) is 6.46. The molecular weight excluding hydrogens is 502 g/mol. The standard InChI is InChI=1S/C29H33N3O5S/c1-36-27-16-15-26(22-28(27)37-2)38(34,35)32(25-13-7-4-8-14-25)23-29(33)31-20-18-30(19-21-31)17-9-12-24-10-5-3-6-11-24/h3-16,22H,17-21,23H2,1-2H3/b12-9+. The molecule has 3 aromatic carbocycles. The monoisotopic (exact) mass is 535 g/mol. The number of sulfonamides is 1. The summed E-state index contributed by atoms with van der Waals surface area (Å²) in [5, 5.41) is 0. The van der Waals surface area contributed by atoms with Gasteiger partial charge in [0.05, 0.1) is 24.8 Å². The van der Waals surface area contributed by atoms with E-state index in [4.69, 9.17) is 9.47 Å². The van der Waals surface area contributed by atoms with Crippen LogP contribution in [0.15, 0.2) is 89.8 Å². The lowest BCUT2D eigenvalue weighted by Crippen LogP contribution is -2.51. The number of carbonyl (C=O) groups is 1. The maximum atomic E-state index is 13.7. The third-order valence-corrected chi connectivity index (χ3v) is 8.23. The second-order valence-electron chi connectivity index (χ2n) is 8.86.